The third-order valence-electron chi connectivity index (χ3n) is 7.32. The summed E-state index contributed by atoms with van der Waals surface area (Å²) in [5.74, 6) is -0.363. The average Bonchev–Trinajstić information content (AvgIpc) is 3.10. The molecule has 0 bridgehead atoms. The van der Waals surface area contributed by atoms with Crippen molar-refractivity contribution >= 4 is 17.8 Å². The number of amides is 2. The summed E-state index contributed by atoms with van der Waals surface area (Å²) in [4.78, 5) is 38.6. The predicted molar refractivity (Wildman–Crippen MR) is 128 cm³/mol. The number of carbonyl (C=O) groups is 3. The van der Waals surface area contributed by atoms with Gasteiger partial charge in [0.15, 0.2) is 0 Å². The molecule has 1 saturated heterocycles. The van der Waals surface area contributed by atoms with Crippen molar-refractivity contribution in [2.45, 2.75) is 56.4 Å². The molecule has 0 unspecified atom stereocenters. The van der Waals surface area contributed by atoms with Gasteiger partial charge < -0.3 is 20.1 Å². The first-order valence-corrected chi connectivity index (χ1v) is 11.8. The largest absolute Gasteiger partial charge is 0.497 e. The minimum atomic E-state index is -0.796. The fourth-order valence-corrected chi connectivity index (χ4v) is 5.71. The normalized spacial score (nSPS) is 19.4. The van der Waals surface area contributed by atoms with Crippen molar-refractivity contribution in [2.24, 2.45) is 0 Å². The minimum Gasteiger partial charge on any atom is -0.497 e. The van der Waals surface area contributed by atoms with Gasteiger partial charge in [-0.15, -0.1) is 0 Å². The molecular weight excluding hydrogens is 432 g/mol. The number of piperidine rings is 1. The Kier molecular flexibility index (Phi) is 6.91. The van der Waals surface area contributed by atoms with E-state index in [-0.39, 0.29) is 29.6 Å². The molecule has 2 amide bonds. The highest BCUT2D eigenvalue weighted by molar-refractivity contribution is 5.87. The van der Waals surface area contributed by atoms with Gasteiger partial charge >= 0.3 is 5.97 Å². The molecule has 2 atom stereocenters. The number of fused-ring (bicyclic) bond motifs is 2. The number of methoxy groups -OCH3 is 1. The standard InChI is InChI=1S/C27H32N2O5/c1-18(30)28-24(14-19-6-4-3-5-7-19)26(33)29-12-10-27(11-13-29)17-20(15-25(31)32)22-9-8-21(34-2)16-23(22)27/h3-9,16,20,24H,10-15,17H2,1-2H3,(H,28,30)(H,31,32)/t20-,24+/m1/s1. The van der Waals surface area contributed by atoms with Gasteiger partial charge in [-0.05, 0) is 59.4 Å². The molecule has 1 spiro atoms. The van der Waals surface area contributed by atoms with Gasteiger partial charge in [0.2, 0.25) is 11.8 Å². The molecule has 0 aromatic heterocycles. The highest BCUT2D eigenvalue weighted by Gasteiger charge is 2.47. The molecule has 1 heterocycles. The van der Waals surface area contributed by atoms with E-state index in [0.717, 1.165) is 41.7 Å². The molecule has 2 aromatic carbocycles. The maximum Gasteiger partial charge on any atom is 0.303 e. The number of carbonyl (C=O) groups excluding carboxylic acids is 2. The Morgan fingerprint density at radius 1 is 1.15 bits per heavy atom. The summed E-state index contributed by atoms with van der Waals surface area (Å²) in [6.45, 7) is 2.57. The summed E-state index contributed by atoms with van der Waals surface area (Å²) < 4.78 is 5.45. The Hall–Kier alpha value is -3.35. The van der Waals surface area contributed by atoms with Crippen LogP contribution in [0.3, 0.4) is 0 Å². The van der Waals surface area contributed by atoms with Crippen molar-refractivity contribution < 1.29 is 24.2 Å². The number of carboxylic acid groups (broad SMARTS) is 1. The summed E-state index contributed by atoms with van der Waals surface area (Å²) in [7, 11) is 1.63. The molecule has 4 rings (SSSR count). The molecule has 0 radical (unpaired) electrons. The predicted octanol–water partition coefficient (Wildman–Crippen LogP) is 3.26. The molecule has 1 aliphatic carbocycles. The zero-order valence-electron chi connectivity index (χ0n) is 19.8. The van der Waals surface area contributed by atoms with Crippen LogP contribution in [0.15, 0.2) is 48.5 Å². The molecule has 180 valence electrons. The molecule has 34 heavy (non-hydrogen) atoms. The molecule has 2 N–H and O–H groups in total. The summed E-state index contributed by atoms with van der Waals surface area (Å²) in [6.07, 6.45) is 2.83. The lowest BCUT2D eigenvalue weighted by Gasteiger charge is -2.41. The first-order chi connectivity index (χ1) is 16.3. The Balaban J connectivity index is 1.51. The van der Waals surface area contributed by atoms with E-state index in [1.165, 1.54) is 6.92 Å². The van der Waals surface area contributed by atoms with Gasteiger partial charge in [0.05, 0.1) is 13.5 Å². The number of hydrogen-bond donors (Lipinski definition) is 2. The monoisotopic (exact) mass is 464 g/mol. The number of hydrogen-bond acceptors (Lipinski definition) is 4. The molecule has 7 nitrogen and oxygen atoms in total. The van der Waals surface area contributed by atoms with Crippen LogP contribution in [0.4, 0.5) is 0 Å². The number of carboxylic acids is 1. The topological polar surface area (TPSA) is 95.9 Å². The Bertz CT molecular complexity index is 1060. The van der Waals surface area contributed by atoms with E-state index in [0.29, 0.717) is 19.5 Å². The van der Waals surface area contributed by atoms with Crippen LogP contribution in [-0.4, -0.2) is 54.0 Å². The van der Waals surface area contributed by atoms with Gasteiger partial charge in [-0.2, -0.15) is 0 Å². The van der Waals surface area contributed by atoms with E-state index >= 15 is 0 Å². The van der Waals surface area contributed by atoms with Gasteiger partial charge in [0, 0.05) is 26.4 Å². The van der Waals surface area contributed by atoms with Crippen LogP contribution in [0.5, 0.6) is 5.75 Å². The molecule has 1 aliphatic heterocycles. The third-order valence-corrected chi connectivity index (χ3v) is 7.32. The van der Waals surface area contributed by atoms with Crippen molar-refractivity contribution in [3.05, 3.63) is 65.2 Å². The molecule has 0 saturated carbocycles. The molecular formula is C27H32N2O5. The number of benzene rings is 2. The lowest BCUT2D eigenvalue weighted by atomic mass is 9.73. The van der Waals surface area contributed by atoms with E-state index in [4.69, 9.17) is 4.74 Å². The number of aliphatic carboxylic acids is 1. The number of ether oxygens (including phenoxy) is 1. The number of rotatable bonds is 7. The Morgan fingerprint density at radius 3 is 2.47 bits per heavy atom. The second-order valence-electron chi connectivity index (χ2n) is 9.50. The van der Waals surface area contributed by atoms with Gasteiger partial charge in [0.25, 0.3) is 0 Å². The highest BCUT2D eigenvalue weighted by atomic mass is 16.5. The summed E-state index contributed by atoms with van der Waals surface area (Å²) >= 11 is 0. The van der Waals surface area contributed by atoms with Crippen LogP contribution >= 0.6 is 0 Å². The summed E-state index contributed by atoms with van der Waals surface area (Å²) in [5, 5.41) is 12.3. The molecule has 1 fully saturated rings. The van der Waals surface area contributed by atoms with E-state index in [1.54, 1.807) is 7.11 Å². The maximum absolute atomic E-state index is 13.4. The number of likely N-dealkylation sites (tertiary alicyclic amines) is 1. The van der Waals surface area contributed by atoms with Crippen LogP contribution in [0.25, 0.3) is 0 Å². The average molecular weight is 465 g/mol. The quantitative estimate of drug-likeness (QED) is 0.656. The lowest BCUT2D eigenvalue weighted by Crippen LogP contribution is -2.53. The second kappa shape index (κ2) is 9.87. The zero-order valence-corrected chi connectivity index (χ0v) is 19.8. The van der Waals surface area contributed by atoms with Crippen LogP contribution in [0.2, 0.25) is 0 Å². The van der Waals surface area contributed by atoms with Gasteiger partial charge in [0.1, 0.15) is 11.8 Å². The zero-order chi connectivity index (χ0) is 24.3. The van der Waals surface area contributed by atoms with Crippen LogP contribution in [-0.2, 0) is 26.2 Å². The minimum absolute atomic E-state index is 0.0362. The van der Waals surface area contributed by atoms with Crippen LogP contribution in [0.1, 0.15) is 55.2 Å². The first kappa shape index (κ1) is 23.8. The van der Waals surface area contributed by atoms with Crippen LogP contribution in [0, 0.1) is 0 Å². The fourth-order valence-electron chi connectivity index (χ4n) is 5.71. The molecule has 2 aliphatic rings. The first-order valence-electron chi connectivity index (χ1n) is 11.8. The van der Waals surface area contributed by atoms with E-state index < -0.39 is 12.0 Å². The van der Waals surface area contributed by atoms with E-state index in [2.05, 4.69) is 5.32 Å². The van der Waals surface area contributed by atoms with Crippen molar-refractivity contribution in [2.75, 3.05) is 20.2 Å². The van der Waals surface area contributed by atoms with Crippen molar-refractivity contribution in [1.29, 1.82) is 0 Å². The van der Waals surface area contributed by atoms with Gasteiger partial charge in [-0.3, -0.25) is 14.4 Å². The van der Waals surface area contributed by atoms with Crippen molar-refractivity contribution in [3.63, 3.8) is 0 Å². The number of nitrogens with zero attached hydrogens (tertiary/aromatic N) is 1. The number of nitrogens with one attached hydrogen (secondary N) is 1. The third kappa shape index (κ3) is 4.93. The van der Waals surface area contributed by atoms with Crippen molar-refractivity contribution in [3.8, 4) is 5.75 Å². The molecule has 2 aromatic rings. The second-order valence-corrected chi connectivity index (χ2v) is 9.50. The summed E-state index contributed by atoms with van der Waals surface area (Å²) in [5.41, 5.74) is 3.08. The van der Waals surface area contributed by atoms with E-state index in [9.17, 15) is 19.5 Å². The maximum atomic E-state index is 13.4. The van der Waals surface area contributed by atoms with E-state index in [1.807, 2.05) is 53.4 Å². The Morgan fingerprint density at radius 2 is 1.85 bits per heavy atom. The van der Waals surface area contributed by atoms with Crippen molar-refractivity contribution in [1.82, 2.24) is 10.2 Å². The fraction of sp³-hybridized carbons (Fsp3) is 0.444. The Labute approximate surface area is 200 Å². The summed E-state index contributed by atoms with van der Waals surface area (Å²) in [6, 6.07) is 15.0. The smallest absolute Gasteiger partial charge is 0.303 e. The van der Waals surface area contributed by atoms with Gasteiger partial charge in [-0.25, -0.2) is 0 Å². The van der Waals surface area contributed by atoms with Gasteiger partial charge in [-0.1, -0.05) is 36.4 Å². The highest BCUT2D eigenvalue weighted by Crippen LogP contribution is 2.53. The molecule has 7 heteroatoms. The SMILES string of the molecule is COc1ccc2c(c1)C1(CCN(C(=O)[C@H](Cc3ccccc3)NC(C)=O)CC1)C[C@H]2CC(=O)O. The van der Waals surface area contributed by atoms with Crippen LogP contribution < -0.4 is 10.1 Å². The lowest BCUT2D eigenvalue weighted by molar-refractivity contribution is -0.137.